The smallest absolute Gasteiger partial charge is 0.407 e. The van der Waals surface area contributed by atoms with Crippen LogP contribution in [-0.4, -0.2) is 154 Å². The van der Waals surface area contributed by atoms with E-state index >= 15 is 0 Å². The van der Waals surface area contributed by atoms with Gasteiger partial charge in [0.15, 0.2) is 0 Å². The molecule has 21 nitrogen and oxygen atoms in total. The van der Waals surface area contributed by atoms with E-state index in [0.717, 1.165) is 68.3 Å². The first-order valence-corrected chi connectivity index (χ1v) is 30.8. The van der Waals surface area contributed by atoms with E-state index in [1.165, 1.54) is 4.68 Å². The number of amides is 5. The van der Waals surface area contributed by atoms with Gasteiger partial charge in [-0.15, -0.1) is 0 Å². The second-order valence-corrected chi connectivity index (χ2v) is 21.8. The van der Waals surface area contributed by atoms with Crippen molar-refractivity contribution in [3.05, 3.63) is 166 Å². The molecule has 4 N–H and O–H groups in total. The average Bonchev–Trinajstić information content (AvgIpc) is 1.92. The van der Waals surface area contributed by atoms with Gasteiger partial charge in [0.25, 0.3) is 5.56 Å². The Balaban J connectivity index is 0.723. The third-order valence-corrected chi connectivity index (χ3v) is 15.5. The van der Waals surface area contributed by atoms with Crippen LogP contribution in [0.15, 0.2) is 139 Å². The predicted molar refractivity (Wildman–Crippen MR) is 338 cm³/mol. The predicted octanol–water partition coefficient (Wildman–Crippen LogP) is 9.06. The number of fused-ring (bicyclic) bond motifs is 5. The number of nitrogens with zero attached hydrogens (tertiary/aromatic N) is 5. The zero-order valence-electron chi connectivity index (χ0n) is 50.7. The fourth-order valence-electron chi connectivity index (χ4n) is 10.8. The normalized spacial score (nSPS) is 12.8. The molecule has 470 valence electrons. The number of benzene rings is 4. The van der Waals surface area contributed by atoms with Gasteiger partial charge in [-0.1, -0.05) is 91.7 Å². The number of anilines is 1. The number of ether oxygens (including phenoxy) is 7. The molecule has 1 atom stereocenters. The molecule has 1 aliphatic heterocycles. The summed E-state index contributed by atoms with van der Waals surface area (Å²) in [5, 5.41) is 17.6. The molecular weight excluding hydrogens is 1130 g/mol. The van der Waals surface area contributed by atoms with Crippen molar-refractivity contribution in [2.45, 2.75) is 83.0 Å². The topological polar surface area (TPSA) is 245 Å². The maximum atomic E-state index is 14.2. The highest BCUT2D eigenvalue weighted by Gasteiger charge is 2.30. The Morgan fingerprint density at radius 2 is 1.26 bits per heavy atom. The average molecular weight is 1220 g/mol. The first-order valence-electron chi connectivity index (χ1n) is 30.8. The third-order valence-electron chi connectivity index (χ3n) is 15.5. The molecule has 4 heterocycles. The molecule has 2 aliphatic rings. The Hall–Kier alpha value is -8.44. The van der Waals surface area contributed by atoms with E-state index in [1.54, 1.807) is 30.6 Å². The van der Waals surface area contributed by atoms with Crippen LogP contribution >= 0.6 is 0 Å². The van der Waals surface area contributed by atoms with Crippen molar-refractivity contribution in [3.63, 3.8) is 0 Å². The second-order valence-electron chi connectivity index (χ2n) is 21.8. The van der Waals surface area contributed by atoms with Gasteiger partial charge in [-0.25, -0.2) is 14.3 Å². The molecule has 0 spiro atoms. The molecule has 5 amide bonds. The molecule has 0 fully saturated rings. The van der Waals surface area contributed by atoms with Gasteiger partial charge < -0.3 is 59.3 Å². The molecule has 89 heavy (non-hydrogen) atoms. The van der Waals surface area contributed by atoms with Crippen molar-refractivity contribution < 1.29 is 52.3 Å². The molecule has 7 aromatic rings. The largest absolute Gasteiger partial charge is 0.449 e. The van der Waals surface area contributed by atoms with E-state index in [2.05, 4.69) is 55.5 Å². The maximum Gasteiger partial charge on any atom is 0.407 e. The van der Waals surface area contributed by atoms with E-state index in [1.807, 2.05) is 91.0 Å². The highest BCUT2D eigenvalue weighted by Crippen LogP contribution is 2.44. The van der Waals surface area contributed by atoms with E-state index in [-0.39, 0.29) is 49.0 Å². The number of hydrogen-bond donors (Lipinski definition) is 4. The Kier molecular flexibility index (Phi) is 25.5. The number of carbonyl (C=O) groups is 4. The van der Waals surface area contributed by atoms with Gasteiger partial charge >= 0.3 is 12.1 Å². The highest BCUT2D eigenvalue weighted by molar-refractivity contribution is 5.90. The molecule has 21 heteroatoms. The van der Waals surface area contributed by atoms with E-state index < -0.39 is 12.1 Å². The number of rotatable bonds is 37. The zero-order chi connectivity index (χ0) is 61.8. The molecule has 9 rings (SSSR count). The first kappa shape index (κ1) is 65.0. The number of methoxy groups -OCH3 is 1. The summed E-state index contributed by atoms with van der Waals surface area (Å²) in [7, 11) is 1.63. The van der Waals surface area contributed by atoms with Gasteiger partial charge in [-0.3, -0.25) is 24.4 Å². The molecule has 0 bridgehead atoms. The molecule has 0 saturated heterocycles. The molecule has 0 unspecified atom stereocenters. The summed E-state index contributed by atoms with van der Waals surface area (Å²) in [5.74, 6) is -0.622. The summed E-state index contributed by atoms with van der Waals surface area (Å²) in [5.41, 5.74) is 10.3. The van der Waals surface area contributed by atoms with Gasteiger partial charge in [-0.05, 0) is 107 Å². The number of aromatic nitrogens is 4. The van der Waals surface area contributed by atoms with Crippen LogP contribution in [-0.2, 0) is 62.4 Å². The summed E-state index contributed by atoms with van der Waals surface area (Å²) in [6.07, 6.45) is 9.04. The molecule has 0 radical (unpaired) electrons. The van der Waals surface area contributed by atoms with Crippen LogP contribution in [0.2, 0.25) is 0 Å². The number of urea groups is 1. The van der Waals surface area contributed by atoms with Crippen LogP contribution in [0.25, 0.3) is 44.4 Å². The third kappa shape index (κ3) is 19.5. The van der Waals surface area contributed by atoms with Crippen molar-refractivity contribution >= 4 is 40.5 Å². The van der Waals surface area contributed by atoms with Crippen molar-refractivity contribution in [2.75, 3.05) is 105 Å². The van der Waals surface area contributed by atoms with Gasteiger partial charge in [0.05, 0.1) is 89.4 Å². The van der Waals surface area contributed by atoms with Crippen LogP contribution in [0.1, 0.15) is 79.5 Å². The molecule has 4 aromatic carbocycles. The Bertz CT molecular complexity index is 3400. The second kappa shape index (κ2) is 34.9. The summed E-state index contributed by atoms with van der Waals surface area (Å²) in [6.45, 7) is 7.09. The van der Waals surface area contributed by atoms with Gasteiger partial charge in [-0.2, -0.15) is 5.10 Å². The summed E-state index contributed by atoms with van der Waals surface area (Å²) >= 11 is 0. The van der Waals surface area contributed by atoms with Crippen LogP contribution in [0.4, 0.5) is 15.3 Å². The lowest BCUT2D eigenvalue weighted by Gasteiger charge is -2.20. The van der Waals surface area contributed by atoms with Crippen LogP contribution in [0.5, 0.6) is 0 Å². The van der Waals surface area contributed by atoms with Crippen molar-refractivity contribution in [1.82, 2.24) is 40.6 Å². The maximum absolute atomic E-state index is 14.2. The van der Waals surface area contributed by atoms with Gasteiger partial charge in [0, 0.05) is 87.4 Å². The van der Waals surface area contributed by atoms with Gasteiger partial charge in [0.2, 0.25) is 11.8 Å². The lowest BCUT2D eigenvalue weighted by Crippen LogP contribution is -2.47. The summed E-state index contributed by atoms with van der Waals surface area (Å²) < 4.78 is 39.7. The van der Waals surface area contributed by atoms with Crippen molar-refractivity contribution in [3.8, 4) is 33.5 Å². The number of hydrogen-bond acceptors (Lipinski definition) is 15. The molecular formula is C68H81N9O12. The van der Waals surface area contributed by atoms with Gasteiger partial charge in [0.1, 0.15) is 12.6 Å². The Morgan fingerprint density at radius 3 is 1.97 bits per heavy atom. The minimum atomic E-state index is -0.876. The van der Waals surface area contributed by atoms with E-state index in [0.29, 0.717) is 148 Å². The van der Waals surface area contributed by atoms with E-state index in [9.17, 15) is 24.0 Å². The number of aryl methyl sites for hydroxylation is 1. The number of pyridine rings is 2. The fourth-order valence-corrected chi connectivity index (χ4v) is 10.8. The van der Waals surface area contributed by atoms with Crippen LogP contribution in [0.3, 0.4) is 0 Å². The van der Waals surface area contributed by atoms with E-state index in [4.69, 9.17) is 38.3 Å². The minimum absolute atomic E-state index is 0.104. The number of nitrogens with one attached hydrogen (secondary N) is 4. The quantitative estimate of drug-likeness (QED) is 0.0265. The molecule has 0 saturated carbocycles. The lowest BCUT2D eigenvalue weighted by molar-refractivity contribution is -0.123. The lowest BCUT2D eigenvalue weighted by atomic mass is 9.98. The van der Waals surface area contributed by atoms with Crippen molar-refractivity contribution in [1.29, 1.82) is 0 Å². The first-order chi connectivity index (χ1) is 43.7. The summed E-state index contributed by atoms with van der Waals surface area (Å²) in [4.78, 5) is 77.9. The molecule has 1 aliphatic carbocycles. The zero-order valence-corrected chi connectivity index (χ0v) is 50.7. The van der Waals surface area contributed by atoms with Crippen LogP contribution < -0.4 is 26.8 Å². The Labute approximate surface area is 519 Å². The SMILES string of the molecule is COCCOCCOCCOCCOCCOCCC(=O)NCCCC[C@H](NC(=O)OCC1c2ccccc2-c2ccccc21)C(=O)NCCCCCCn1nc(-c2ccc(NC(=O)N3Cc4ccncc4C3)cc2)cc(-c2ccc3cccnc3c2)c1=O. The fraction of sp³-hybridized carbons (Fsp3) is 0.412. The van der Waals surface area contributed by atoms with Crippen molar-refractivity contribution in [2.24, 2.45) is 0 Å². The minimum Gasteiger partial charge on any atom is -0.449 e. The number of alkyl carbamates (subject to hydrolysis) is 1. The summed E-state index contributed by atoms with van der Waals surface area (Å²) in [6, 6.07) is 36.0. The van der Waals surface area contributed by atoms with Crippen LogP contribution in [0, 0.1) is 0 Å². The highest BCUT2D eigenvalue weighted by atomic mass is 16.6. The Morgan fingerprint density at radius 1 is 0.618 bits per heavy atom. The number of unbranched alkanes of at least 4 members (excludes halogenated alkanes) is 4. The standard InChI is InChI=1S/C68H81N9O12/c1-83-33-34-85-37-38-87-41-42-88-40-39-86-36-35-84-32-26-64(78)71-27-10-8-18-61(74-68(82)89-48-60-57-16-6-4-14-55(57)56-15-5-7-17-58(56)60)65(79)72-28-9-2-3-11-31-77-66(80)59(51-20-19-49-13-12-29-70-62(49)43-51)44-63(75-77)50-21-23-54(24-22-50)73-67(81)76-46-52-25-30-69-45-53(52)47-76/h4-7,12-17,19-25,29-30,43-45,60-61H,2-3,8-11,18,26-28,31-42,46-48H2,1H3,(H,71,78)(H,72,79)(H,73,81)(H,74,82)/t61-/m0/s1. The number of carbonyl (C=O) groups excluding carboxylic acids is 4. The monoisotopic (exact) mass is 1220 g/mol. The molecule has 3 aromatic heterocycles.